The molecule has 1 aliphatic rings. The lowest BCUT2D eigenvalue weighted by Crippen LogP contribution is -2.55. The first-order chi connectivity index (χ1) is 8.09. The Hall–Kier alpha value is -0.970. The van der Waals surface area contributed by atoms with Crippen molar-refractivity contribution in [3.8, 4) is 0 Å². The van der Waals surface area contributed by atoms with E-state index in [0.29, 0.717) is 19.8 Å². The van der Waals surface area contributed by atoms with Crippen LogP contribution in [0.3, 0.4) is 0 Å². The summed E-state index contributed by atoms with van der Waals surface area (Å²) in [6.45, 7) is 1.83. The Balaban J connectivity index is 2.35. The lowest BCUT2D eigenvalue weighted by atomic mass is 9.74. The summed E-state index contributed by atoms with van der Waals surface area (Å²) >= 11 is 0. The molecule has 0 aromatic heterocycles. The zero-order chi connectivity index (χ0) is 12.5. The van der Waals surface area contributed by atoms with E-state index in [-0.39, 0.29) is 17.3 Å². The van der Waals surface area contributed by atoms with Gasteiger partial charge in [-0.3, -0.25) is 0 Å². The molecule has 3 nitrogen and oxygen atoms in total. The van der Waals surface area contributed by atoms with E-state index in [2.05, 4.69) is 4.90 Å². The highest BCUT2D eigenvalue weighted by Crippen LogP contribution is 2.42. The molecule has 1 aromatic rings. The van der Waals surface area contributed by atoms with E-state index >= 15 is 0 Å². The molecular weight excluding hydrogens is 219 g/mol. The first kappa shape index (κ1) is 12.5. The van der Waals surface area contributed by atoms with Gasteiger partial charge in [0.25, 0.3) is 0 Å². The zero-order valence-electron chi connectivity index (χ0n) is 10.3. The van der Waals surface area contributed by atoms with Crippen LogP contribution in [0.15, 0.2) is 24.3 Å². The van der Waals surface area contributed by atoms with E-state index in [0.717, 1.165) is 5.56 Å². The molecule has 94 valence electrons. The van der Waals surface area contributed by atoms with Crippen molar-refractivity contribution in [3.05, 3.63) is 35.6 Å². The molecule has 1 aromatic carbocycles. The molecule has 0 bridgehead atoms. The average Bonchev–Trinajstić information content (AvgIpc) is 2.22. The molecule has 17 heavy (non-hydrogen) atoms. The van der Waals surface area contributed by atoms with E-state index < -0.39 is 0 Å². The zero-order valence-corrected chi connectivity index (χ0v) is 10.3. The summed E-state index contributed by atoms with van der Waals surface area (Å²) in [6, 6.07) is 6.83. The van der Waals surface area contributed by atoms with Gasteiger partial charge in [-0.1, -0.05) is 12.1 Å². The molecule has 1 fully saturated rings. The van der Waals surface area contributed by atoms with Gasteiger partial charge in [-0.25, -0.2) is 4.39 Å². The van der Waals surface area contributed by atoms with Gasteiger partial charge in [0, 0.05) is 18.0 Å². The van der Waals surface area contributed by atoms with Crippen LogP contribution in [0.1, 0.15) is 11.6 Å². The van der Waals surface area contributed by atoms with Gasteiger partial charge in [0.2, 0.25) is 0 Å². The number of rotatable bonds is 4. The molecule has 1 unspecified atom stereocenters. The van der Waals surface area contributed by atoms with Crippen molar-refractivity contribution in [2.24, 2.45) is 11.1 Å². The van der Waals surface area contributed by atoms with Gasteiger partial charge in [-0.15, -0.1) is 0 Å². The maximum Gasteiger partial charge on any atom is 0.123 e. The number of halogens is 1. The fraction of sp³-hybridized carbons (Fsp3) is 0.538. The van der Waals surface area contributed by atoms with Crippen LogP contribution in [0.25, 0.3) is 0 Å². The summed E-state index contributed by atoms with van der Waals surface area (Å²) in [4.78, 5) is 2.09. The van der Waals surface area contributed by atoms with Gasteiger partial charge in [-0.05, 0) is 31.8 Å². The third kappa shape index (κ3) is 2.20. The van der Waals surface area contributed by atoms with Gasteiger partial charge in [0.05, 0.1) is 13.2 Å². The number of hydrogen-bond donors (Lipinski definition) is 1. The SMILES string of the molecule is CN(C)C(c1cccc(F)c1)C1(CN)COC1. The first-order valence-corrected chi connectivity index (χ1v) is 5.79. The Kier molecular flexibility index (Phi) is 3.47. The molecular formula is C13H19FN2O. The Morgan fingerprint density at radius 2 is 2.18 bits per heavy atom. The van der Waals surface area contributed by atoms with Crippen LogP contribution in [0.5, 0.6) is 0 Å². The molecule has 1 aliphatic heterocycles. The third-order valence-electron chi connectivity index (χ3n) is 3.45. The van der Waals surface area contributed by atoms with E-state index in [1.165, 1.54) is 6.07 Å². The predicted octanol–water partition coefficient (Wildman–Crippen LogP) is 1.40. The Morgan fingerprint density at radius 1 is 1.47 bits per heavy atom. The van der Waals surface area contributed by atoms with Gasteiger partial charge in [0.1, 0.15) is 5.82 Å². The third-order valence-corrected chi connectivity index (χ3v) is 3.45. The molecule has 2 rings (SSSR count). The normalized spacial score (nSPS) is 20.1. The van der Waals surface area contributed by atoms with E-state index in [4.69, 9.17) is 10.5 Å². The molecule has 1 heterocycles. The predicted molar refractivity (Wildman–Crippen MR) is 65.1 cm³/mol. The molecule has 0 radical (unpaired) electrons. The molecule has 0 saturated carbocycles. The molecule has 1 atom stereocenters. The van der Waals surface area contributed by atoms with Crippen molar-refractivity contribution in [2.75, 3.05) is 33.9 Å². The van der Waals surface area contributed by atoms with Crippen molar-refractivity contribution in [2.45, 2.75) is 6.04 Å². The highest BCUT2D eigenvalue weighted by molar-refractivity contribution is 5.24. The molecule has 0 amide bonds. The Labute approximate surface area is 101 Å². The van der Waals surface area contributed by atoms with E-state index in [1.807, 2.05) is 20.2 Å². The van der Waals surface area contributed by atoms with E-state index in [1.54, 1.807) is 12.1 Å². The Bertz CT molecular complexity index is 385. The van der Waals surface area contributed by atoms with Crippen LogP contribution in [-0.2, 0) is 4.74 Å². The minimum absolute atomic E-state index is 0.0860. The molecule has 1 saturated heterocycles. The number of nitrogens with zero attached hydrogens (tertiary/aromatic N) is 1. The summed E-state index contributed by atoms with van der Waals surface area (Å²) in [5, 5.41) is 0. The van der Waals surface area contributed by atoms with E-state index in [9.17, 15) is 4.39 Å². The van der Waals surface area contributed by atoms with Crippen molar-refractivity contribution in [1.82, 2.24) is 4.90 Å². The summed E-state index contributed by atoms with van der Waals surface area (Å²) in [5.41, 5.74) is 6.76. The summed E-state index contributed by atoms with van der Waals surface area (Å²) < 4.78 is 18.6. The van der Waals surface area contributed by atoms with Gasteiger partial charge in [0.15, 0.2) is 0 Å². The second kappa shape index (κ2) is 4.72. The Morgan fingerprint density at radius 3 is 2.59 bits per heavy atom. The molecule has 2 N–H and O–H groups in total. The van der Waals surface area contributed by atoms with Crippen LogP contribution in [-0.4, -0.2) is 38.8 Å². The van der Waals surface area contributed by atoms with Crippen LogP contribution in [0.2, 0.25) is 0 Å². The first-order valence-electron chi connectivity index (χ1n) is 5.79. The lowest BCUT2D eigenvalue weighted by Gasteiger charge is -2.49. The summed E-state index contributed by atoms with van der Waals surface area (Å²) in [7, 11) is 3.98. The minimum atomic E-state index is -0.207. The van der Waals surface area contributed by atoms with Gasteiger partial charge in [-0.2, -0.15) is 0 Å². The second-order valence-electron chi connectivity index (χ2n) is 4.98. The maximum atomic E-state index is 13.3. The largest absolute Gasteiger partial charge is 0.380 e. The van der Waals surface area contributed by atoms with Crippen LogP contribution in [0.4, 0.5) is 4.39 Å². The van der Waals surface area contributed by atoms with Gasteiger partial charge < -0.3 is 15.4 Å². The summed E-state index contributed by atoms with van der Waals surface area (Å²) in [6.07, 6.45) is 0. The number of benzene rings is 1. The highest BCUT2D eigenvalue weighted by atomic mass is 19.1. The number of hydrogen-bond acceptors (Lipinski definition) is 3. The van der Waals surface area contributed by atoms with Crippen molar-refractivity contribution < 1.29 is 9.13 Å². The number of nitrogens with two attached hydrogens (primary N) is 1. The maximum absolute atomic E-state index is 13.3. The molecule has 0 spiro atoms. The summed E-state index contributed by atoms with van der Waals surface area (Å²) in [5.74, 6) is -0.207. The standard InChI is InChI=1S/C13H19FN2O/c1-16(2)12(13(7-15)8-17-9-13)10-4-3-5-11(14)6-10/h3-6,12H,7-9,15H2,1-2H3. The fourth-order valence-corrected chi connectivity index (χ4v) is 2.63. The second-order valence-corrected chi connectivity index (χ2v) is 4.98. The quantitative estimate of drug-likeness (QED) is 0.862. The molecule has 4 heteroatoms. The van der Waals surface area contributed by atoms with Crippen LogP contribution in [0, 0.1) is 11.2 Å². The highest BCUT2D eigenvalue weighted by Gasteiger charge is 2.46. The average molecular weight is 238 g/mol. The fourth-order valence-electron chi connectivity index (χ4n) is 2.63. The topological polar surface area (TPSA) is 38.5 Å². The molecule has 0 aliphatic carbocycles. The monoisotopic (exact) mass is 238 g/mol. The van der Waals surface area contributed by atoms with Crippen molar-refractivity contribution >= 4 is 0 Å². The smallest absolute Gasteiger partial charge is 0.123 e. The van der Waals surface area contributed by atoms with Crippen molar-refractivity contribution in [1.29, 1.82) is 0 Å². The van der Waals surface area contributed by atoms with Crippen molar-refractivity contribution in [3.63, 3.8) is 0 Å². The van der Waals surface area contributed by atoms with Gasteiger partial charge >= 0.3 is 0 Å². The number of ether oxygens (including phenoxy) is 1. The van der Waals surface area contributed by atoms with Crippen LogP contribution >= 0.6 is 0 Å². The van der Waals surface area contributed by atoms with Crippen LogP contribution < -0.4 is 5.73 Å². The lowest BCUT2D eigenvalue weighted by molar-refractivity contribution is -0.145. The minimum Gasteiger partial charge on any atom is -0.380 e.